The number of hydrogen-bond acceptors (Lipinski definition) is 5. The second kappa shape index (κ2) is 9.73. The lowest BCUT2D eigenvalue weighted by Crippen LogP contribution is -2.13. The summed E-state index contributed by atoms with van der Waals surface area (Å²) in [5.74, 6) is 1.43. The highest BCUT2D eigenvalue weighted by atomic mass is 16.5. The Hall–Kier alpha value is -4.58. The van der Waals surface area contributed by atoms with Crippen molar-refractivity contribution in [1.82, 2.24) is 4.98 Å². The first-order valence-corrected chi connectivity index (χ1v) is 11.3. The van der Waals surface area contributed by atoms with Crippen molar-refractivity contribution in [3.05, 3.63) is 108 Å². The average Bonchev–Trinajstić information content (AvgIpc) is 3.34. The van der Waals surface area contributed by atoms with E-state index in [1.54, 1.807) is 43.5 Å². The second-order valence-electron chi connectivity index (χ2n) is 8.05. The molecule has 1 aromatic heterocycles. The number of benzene rings is 4. The second-order valence-corrected chi connectivity index (χ2v) is 8.05. The Bertz CT molecular complexity index is 1430. The molecule has 6 nitrogen and oxygen atoms in total. The summed E-state index contributed by atoms with van der Waals surface area (Å²) in [6.45, 7) is 1.99. The molecule has 0 bridgehead atoms. The average molecular weight is 465 g/mol. The quantitative estimate of drug-likeness (QED) is 0.284. The first-order chi connectivity index (χ1) is 17.1. The minimum Gasteiger partial charge on any atom is -0.495 e. The minimum absolute atomic E-state index is 0.102. The first-order valence-electron chi connectivity index (χ1n) is 11.3. The fourth-order valence-corrected chi connectivity index (χ4v) is 3.81. The number of carbonyl (C=O) groups excluding carboxylic acids is 1. The van der Waals surface area contributed by atoms with Gasteiger partial charge in [0.1, 0.15) is 23.1 Å². The molecule has 0 radical (unpaired) electrons. The SMILES string of the molecule is COc1ccc(-c2nc3ccccc3o2)cc1NC(=O)c1ccc(O[C@H](C)c2ccccc2)cc1. The molecule has 1 amide bonds. The third kappa shape index (κ3) is 4.87. The van der Waals surface area contributed by atoms with Crippen LogP contribution in [0.25, 0.3) is 22.6 Å². The summed E-state index contributed by atoms with van der Waals surface area (Å²) < 4.78 is 17.3. The van der Waals surface area contributed by atoms with Crippen molar-refractivity contribution in [1.29, 1.82) is 0 Å². The summed E-state index contributed by atoms with van der Waals surface area (Å²) >= 11 is 0. The molecule has 0 aliphatic carbocycles. The van der Waals surface area contributed by atoms with Gasteiger partial charge >= 0.3 is 0 Å². The van der Waals surface area contributed by atoms with Crippen LogP contribution in [0.4, 0.5) is 5.69 Å². The van der Waals surface area contributed by atoms with Gasteiger partial charge in [-0.25, -0.2) is 4.98 Å². The van der Waals surface area contributed by atoms with Crippen LogP contribution < -0.4 is 14.8 Å². The number of aromatic nitrogens is 1. The summed E-state index contributed by atoms with van der Waals surface area (Å²) in [7, 11) is 1.56. The number of nitrogens with one attached hydrogen (secondary N) is 1. The van der Waals surface area contributed by atoms with Crippen LogP contribution in [0.2, 0.25) is 0 Å². The number of nitrogens with zero attached hydrogens (tertiary/aromatic N) is 1. The topological polar surface area (TPSA) is 73.6 Å². The number of amides is 1. The monoisotopic (exact) mass is 464 g/mol. The van der Waals surface area contributed by atoms with Crippen molar-refractivity contribution in [3.63, 3.8) is 0 Å². The Kier molecular flexibility index (Phi) is 6.18. The Morgan fingerprint density at radius 1 is 0.914 bits per heavy atom. The molecule has 1 heterocycles. The van der Waals surface area contributed by atoms with Gasteiger partial charge in [0.05, 0.1) is 12.8 Å². The summed E-state index contributed by atoms with van der Waals surface area (Å²) in [6.07, 6.45) is -0.102. The third-order valence-corrected chi connectivity index (χ3v) is 5.69. The number of oxazole rings is 1. The molecule has 0 saturated carbocycles. The van der Waals surface area contributed by atoms with Gasteiger partial charge in [-0.2, -0.15) is 0 Å². The maximum Gasteiger partial charge on any atom is 0.255 e. The molecule has 1 atom stereocenters. The van der Waals surface area contributed by atoms with E-state index in [1.165, 1.54) is 0 Å². The van der Waals surface area contributed by atoms with Crippen LogP contribution in [0.5, 0.6) is 11.5 Å². The van der Waals surface area contributed by atoms with Crippen molar-refractivity contribution in [2.24, 2.45) is 0 Å². The molecule has 0 aliphatic heterocycles. The fourth-order valence-electron chi connectivity index (χ4n) is 3.81. The van der Waals surface area contributed by atoms with Gasteiger partial charge in [0.25, 0.3) is 5.91 Å². The Morgan fingerprint density at radius 2 is 1.66 bits per heavy atom. The number of para-hydroxylation sites is 2. The molecule has 174 valence electrons. The highest BCUT2D eigenvalue weighted by Crippen LogP contribution is 2.32. The van der Waals surface area contributed by atoms with Gasteiger partial charge < -0.3 is 19.2 Å². The van der Waals surface area contributed by atoms with Crippen LogP contribution in [0.1, 0.15) is 28.9 Å². The highest BCUT2D eigenvalue weighted by molar-refractivity contribution is 6.05. The molecule has 4 aromatic carbocycles. The zero-order valence-electron chi connectivity index (χ0n) is 19.4. The molecular formula is C29H24N2O4. The molecule has 0 saturated heterocycles. The van der Waals surface area contributed by atoms with E-state index in [2.05, 4.69) is 10.3 Å². The fraction of sp³-hybridized carbons (Fsp3) is 0.103. The van der Waals surface area contributed by atoms with Crippen molar-refractivity contribution in [2.45, 2.75) is 13.0 Å². The van der Waals surface area contributed by atoms with Gasteiger partial charge in [-0.3, -0.25) is 4.79 Å². The van der Waals surface area contributed by atoms with E-state index < -0.39 is 0 Å². The van der Waals surface area contributed by atoms with Crippen molar-refractivity contribution < 1.29 is 18.7 Å². The molecule has 0 aliphatic rings. The van der Waals surface area contributed by atoms with Crippen LogP contribution in [0.15, 0.2) is 101 Å². The standard InChI is InChI=1S/C29H24N2O4/c1-19(20-8-4-3-5-9-20)34-23-15-12-21(13-16-23)28(32)30-25-18-22(14-17-26(25)33-2)29-31-24-10-6-7-11-27(24)35-29/h3-19H,1-2H3,(H,30,32)/t19-/m1/s1. The number of hydrogen-bond donors (Lipinski definition) is 1. The Balaban J connectivity index is 1.33. The lowest BCUT2D eigenvalue weighted by Gasteiger charge is -2.15. The number of fused-ring (bicyclic) bond motifs is 1. The van der Waals surface area contributed by atoms with E-state index in [1.807, 2.05) is 67.6 Å². The molecule has 5 aromatic rings. The van der Waals surface area contributed by atoms with E-state index in [-0.39, 0.29) is 12.0 Å². The van der Waals surface area contributed by atoms with Gasteiger partial charge in [-0.05, 0) is 67.1 Å². The van der Waals surface area contributed by atoms with Crippen LogP contribution in [-0.4, -0.2) is 18.0 Å². The van der Waals surface area contributed by atoms with Crippen LogP contribution in [0.3, 0.4) is 0 Å². The lowest BCUT2D eigenvalue weighted by atomic mass is 10.1. The number of rotatable bonds is 7. The van der Waals surface area contributed by atoms with E-state index in [0.29, 0.717) is 34.2 Å². The van der Waals surface area contributed by atoms with E-state index in [0.717, 1.165) is 16.6 Å². The molecule has 0 spiro atoms. The van der Waals surface area contributed by atoms with E-state index in [4.69, 9.17) is 13.9 Å². The maximum absolute atomic E-state index is 13.0. The number of carbonyl (C=O) groups is 1. The molecule has 5 rings (SSSR count). The molecule has 0 unspecified atom stereocenters. The minimum atomic E-state index is -0.263. The predicted octanol–water partition coefficient (Wildman–Crippen LogP) is 6.90. The first kappa shape index (κ1) is 22.2. The highest BCUT2D eigenvalue weighted by Gasteiger charge is 2.15. The van der Waals surface area contributed by atoms with E-state index in [9.17, 15) is 4.79 Å². The van der Waals surface area contributed by atoms with Crippen molar-refractivity contribution in [2.75, 3.05) is 12.4 Å². The summed E-state index contributed by atoms with van der Waals surface area (Å²) in [5, 5.41) is 2.93. The van der Waals surface area contributed by atoms with Gasteiger partial charge in [0, 0.05) is 11.1 Å². The summed E-state index contributed by atoms with van der Waals surface area (Å²) in [6, 6.07) is 30.0. The van der Waals surface area contributed by atoms with Gasteiger partial charge in [0.2, 0.25) is 5.89 Å². The number of methoxy groups -OCH3 is 1. The van der Waals surface area contributed by atoms with Crippen LogP contribution >= 0.6 is 0 Å². The van der Waals surface area contributed by atoms with Crippen molar-refractivity contribution >= 4 is 22.7 Å². The van der Waals surface area contributed by atoms with Crippen molar-refractivity contribution in [3.8, 4) is 23.0 Å². The zero-order chi connectivity index (χ0) is 24.2. The molecule has 0 fully saturated rings. The largest absolute Gasteiger partial charge is 0.495 e. The summed E-state index contributed by atoms with van der Waals surface area (Å²) in [5.41, 5.74) is 4.31. The predicted molar refractivity (Wildman–Crippen MR) is 136 cm³/mol. The zero-order valence-corrected chi connectivity index (χ0v) is 19.4. The Labute approximate surface area is 203 Å². The lowest BCUT2D eigenvalue weighted by molar-refractivity contribution is 0.102. The Morgan fingerprint density at radius 3 is 2.40 bits per heavy atom. The number of anilines is 1. The molecule has 1 N–H and O–H groups in total. The summed E-state index contributed by atoms with van der Waals surface area (Å²) in [4.78, 5) is 17.5. The number of ether oxygens (including phenoxy) is 2. The third-order valence-electron chi connectivity index (χ3n) is 5.69. The molecule has 6 heteroatoms. The molecule has 35 heavy (non-hydrogen) atoms. The van der Waals surface area contributed by atoms with Gasteiger partial charge in [0.15, 0.2) is 5.58 Å². The maximum atomic E-state index is 13.0. The van der Waals surface area contributed by atoms with Crippen LogP contribution in [0, 0.1) is 0 Å². The van der Waals surface area contributed by atoms with E-state index >= 15 is 0 Å². The van der Waals surface area contributed by atoms with Gasteiger partial charge in [-0.1, -0.05) is 42.5 Å². The van der Waals surface area contributed by atoms with Crippen LogP contribution in [-0.2, 0) is 0 Å². The normalized spacial score (nSPS) is 11.7. The smallest absolute Gasteiger partial charge is 0.255 e. The molecular weight excluding hydrogens is 440 g/mol. The van der Waals surface area contributed by atoms with Gasteiger partial charge in [-0.15, -0.1) is 0 Å².